The second kappa shape index (κ2) is 4.00. The minimum atomic E-state index is 0.203. The topological polar surface area (TPSA) is 42.4 Å². The summed E-state index contributed by atoms with van der Waals surface area (Å²) in [5, 5.41) is 9.69. The third-order valence-corrected chi connectivity index (χ3v) is 2.15. The first kappa shape index (κ1) is 9.52. The zero-order chi connectivity index (χ0) is 10.7. The number of hydrogen-bond donors (Lipinski definition) is 1. The molecule has 0 atom stereocenters. The molecule has 15 heavy (non-hydrogen) atoms. The highest BCUT2D eigenvalue weighted by Gasteiger charge is 2.09. The molecule has 0 amide bonds. The Morgan fingerprint density at radius 1 is 1.13 bits per heavy atom. The summed E-state index contributed by atoms with van der Waals surface area (Å²) in [7, 11) is 1.58. The molecular weight excluding hydrogens is 190 g/mol. The van der Waals surface area contributed by atoms with Crippen molar-refractivity contribution in [3.05, 3.63) is 42.6 Å². The summed E-state index contributed by atoms with van der Waals surface area (Å²) in [6.07, 6.45) is 1.67. The minimum Gasteiger partial charge on any atom is -0.507 e. The van der Waals surface area contributed by atoms with E-state index in [1.165, 1.54) is 0 Å². The van der Waals surface area contributed by atoms with Crippen molar-refractivity contribution in [3.8, 4) is 22.8 Å². The molecule has 0 spiro atoms. The van der Waals surface area contributed by atoms with Gasteiger partial charge in [0, 0.05) is 11.8 Å². The Labute approximate surface area is 88.0 Å². The molecule has 0 unspecified atom stereocenters. The predicted octanol–water partition coefficient (Wildman–Crippen LogP) is 2.46. The first-order valence-electron chi connectivity index (χ1n) is 4.60. The molecule has 2 aromatic rings. The van der Waals surface area contributed by atoms with Gasteiger partial charge < -0.3 is 9.84 Å². The average Bonchev–Trinajstić information content (AvgIpc) is 2.30. The molecule has 1 N–H and O–H groups in total. The second-order valence-corrected chi connectivity index (χ2v) is 3.07. The van der Waals surface area contributed by atoms with E-state index in [-0.39, 0.29) is 5.75 Å². The van der Waals surface area contributed by atoms with E-state index in [4.69, 9.17) is 4.74 Å². The number of para-hydroxylation sites is 1. The fourth-order valence-electron chi connectivity index (χ4n) is 1.43. The molecule has 3 nitrogen and oxygen atoms in total. The van der Waals surface area contributed by atoms with Gasteiger partial charge in [-0.05, 0) is 24.3 Å². The maximum absolute atomic E-state index is 9.69. The molecule has 1 heterocycles. The summed E-state index contributed by atoms with van der Waals surface area (Å²) < 4.78 is 5.18. The number of aromatic nitrogens is 1. The summed E-state index contributed by atoms with van der Waals surface area (Å²) in [6, 6.07) is 10.7. The van der Waals surface area contributed by atoms with Gasteiger partial charge in [-0.15, -0.1) is 0 Å². The third-order valence-electron chi connectivity index (χ3n) is 2.15. The number of rotatable bonds is 2. The lowest BCUT2D eigenvalue weighted by Crippen LogP contribution is -1.90. The van der Waals surface area contributed by atoms with Crippen LogP contribution >= 0.6 is 0 Å². The number of phenols is 1. The molecular formula is C12H11NO2. The largest absolute Gasteiger partial charge is 0.507 e. The summed E-state index contributed by atoms with van der Waals surface area (Å²) in [5.41, 5.74) is 1.33. The summed E-state index contributed by atoms with van der Waals surface area (Å²) in [6.45, 7) is 0. The van der Waals surface area contributed by atoms with Crippen molar-refractivity contribution in [1.82, 2.24) is 4.98 Å². The maximum Gasteiger partial charge on any atom is 0.145 e. The Morgan fingerprint density at radius 2 is 1.93 bits per heavy atom. The highest BCUT2D eigenvalue weighted by molar-refractivity contribution is 5.71. The van der Waals surface area contributed by atoms with E-state index in [0.29, 0.717) is 17.0 Å². The summed E-state index contributed by atoms with van der Waals surface area (Å²) in [4.78, 5) is 4.20. The second-order valence-electron chi connectivity index (χ2n) is 3.07. The van der Waals surface area contributed by atoms with Gasteiger partial charge in [0.15, 0.2) is 0 Å². The first-order chi connectivity index (χ1) is 7.33. The molecule has 76 valence electrons. The van der Waals surface area contributed by atoms with Crippen LogP contribution in [0.2, 0.25) is 0 Å². The predicted molar refractivity (Wildman–Crippen MR) is 57.9 cm³/mol. The van der Waals surface area contributed by atoms with Crippen LogP contribution in [0.15, 0.2) is 42.6 Å². The molecule has 0 aliphatic heterocycles. The monoisotopic (exact) mass is 201 g/mol. The minimum absolute atomic E-state index is 0.203. The van der Waals surface area contributed by atoms with Crippen LogP contribution in [0.1, 0.15) is 0 Å². The van der Waals surface area contributed by atoms with E-state index in [2.05, 4.69) is 4.98 Å². The fraction of sp³-hybridized carbons (Fsp3) is 0.0833. The average molecular weight is 201 g/mol. The van der Waals surface area contributed by atoms with Gasteiger partial charge in [0.1, 0.15) is 17.2 Å². The van der Waals surface area contributed by atoms with Gasteiger partial charge in [0.2, 0.25) is 0 Å². The van der Waals surface area contributed by atoms with Gasteiger partial charge in [-0.2, -0.15) is 0 Å². The molecule has 0 fully saturated rings. The highest BCUT2D eigenvalue weighted by atomic mass is 16.5. The maximum atomic E-state index is 9.69. The van der Waals surface area contributed by atoms with Crippen molar-refractivity contribution >= 4 is 0 Å². The lowest BCUT2D eigenvalue weighted by molar-refractivity contribution is 0.414. The normalized spacial score (nSPS) is 9.93. The van der Waals surface area contributed by atoms with Gasteiger partial charge in [-0.3, -0.25) is 4.98 Å². The zero-order valence-electron chi connectivity index (χ0n) is 8.34. The van der Waals surface area contributed by atoms with Crippen LogP contribution in [0, 0.1) is 0 Å². The number of ether oxygens (including phenoxy) is 1. The first-order valence-corrected chi connectivity index (χ1v) is 4.60. The van der Waals surface area contributed by atoms with Crippen LogP contribution in [0.5, 0.6) is 11.5 Å². The number of hydrogen-bond acceptors (Lipinski definition) is 3. The number of pyridine rings is 1. The Morgan fingerprint density at radius 3 is 2.67 bits per heavy atom. The van der Waals surface area contributed by atoms with Gasteiger partial charge in [0.05, 0.1) is 7.11 Å². The number of methoxy groups -OCH3 is 1. The Hall–Kier alpha value is -2.03. The van der Waals surface area contributed by atoms with E-state index in [1.807, 2.05) is 12.1 Å². The lowest BCUT2D eigenvalue weighted by Gasteiger charge is -2.07. The molecule has 0 saturated heterocycles. The lowest BCUT2D eigenvalue weighted by atomic mass is 10.1. The Bertz CT molecular complexity index is 469. The van der Waals surface area contributed by atoms with E-state index >= 15 is 0 Å². The van der Waals surface area contributed by atoms with Gasteiger partial charge >= 0.3 is 0 Å². The molecule has 0 bridgehead atoms. The summed E-state index contributed by atoms with van der Waals surface area (Å²) >= 11 is 0. The molecule has 1 aromatic carbocycles. The summed E-state index contributed by atoms with van der Waals surface area (Å²) in [5.74, 6) is 0.855. The smallest absolute Gasteiger partial charge is 0.145 e. The van der Waals surface area contributed by atoms with Gasteiger partial charge in [-0.25, -0.2) is 0 Å². The van der Waals surface area contributed by atoms with Crippen molar-refractivity contribution in [2.45, 2.75) is 0 Å². The molecule has 2 rings (SSSR count). The van der Waals surface area contributed by atoms with Crippen LogP contribution < -0.4 is 4.74 Å². The van der Waals surface area contributed by atoms with Gasteiger partial charge in [0.25, 0.3) is 0 Å². The molecule has 0 aliphatic carbocycles. The molecule has 0 saturated carbocycles. The van der Waals surface area contributed by atoms with Crippen LogP contribution in [-0.2, 0) is 0 Å². The number of aromatic hydroxyl groups is 1. The van der Waals surface area contributed by atoms with Crippen molar-refractivity contribution in [1.29, 1.82) is 0 Å². The molecule has 0 aliphatic rings. The third kappa shape index (κ3) is 1.76. The van der Waals surface area contributed by atoms with E-state index < -0.39 is 0 Å². The van der Waals surface area contributed by atoms with Crippen molar-refractivity contribution < 1.29 is 9.84 Å². The van der Waals surface area contributed by atoms with E-state index in [0.717, 1.165) is 0 Å². The molecule has 1 aromatic heterocycles. The standard InChI is InChI=1S/C12H11NO2/c1-15-11-7-4-8-13-12(11)9-5-2-3-6-10(9)14/h2-8,14H,1H3. The van der Waals surface area contributed by atoms with Gasteiger partial charge in [-0.1, -0.05) is 12.1 Å². The number of nitrogens with zero attached hydrogens (tertiary/aromatic N) is 1. The van der Waals surface area contributed by atoms with Crippen LogP contribution in [0.3, 0.4) is 0 Å². The van der Waals surface area contributed by atoms with Crippen LogP contribution in [0.25, 0.3) is 11.3 Å². The van der Waals surface area contributed by atoms with Crippen molar-refractivity contribution in [2.75, 3.05) is 7.11 Å². The SMILES string of the molecule is COc1cccnc1-c1ccccc1O. The van der Waals surface area contributed by atoms with Crippen LogP contribution in [0.4, 0.5) is 0 Å². The molecule has 0 radical (unpaired) electrons. The zero-order valence-corrected chi connectivity index (χ0v) is 8.34. The Balaban J connectivity index is 2.59. The highest BCUT2D eigenvalue weighted by Crippen LogP contribution is 2.33. The fourth-order valence-corrected chi connectivity index (χ4v) is 1.43. The number of phenolic OH excluding ortho intramolecular Hbond substituents is 1. The molecule has 3 heteroatoms. The van der Waals surface area contributed by atoms with E-state index in [9.17, 15) is 5.11 Å². The Kier molecular flexibility index (Phi) is 2.54. The van der Waals surface area contributed by atoms with Crippen molar-refractivity contribution in [2.24, 2.45) is 0 Å². The number of benzene rings is 1. The quantitative estimate of drug-likeness (QED) is 0.811. The van der Waals surface area contributed by atoms with Crippen LogP contribution in [-0.4, -0.2) is 17.2 Å². The van der Waals surface area contributed by atoms with E-state index in [1.54, 1.807) is 37.6 Å². The van der Waals surface area contributed by atoms with Crippen molar-refractivity contribution in [3.63, 3.8) is 0 Å².